The molecule has 0 aliphatic rings. The van der Waals surface area contributed by atoms with Crippen molar-refractivity contribution in [3.05, 3.63) is 40.6 Å². The number of halogens is 2. The van der Waals surface area contributed by atoms with Crippen LogP contribution < -0.4 is 5.73 Å². The molecule has 0 unspecified atom stereocenters. The van der Waals surface area contributed by atoms with Crippen molar-refractivity contribution in [1.29, 1.82) is 5.41 Å². The van der Waals surface area contributed by atoms with E-state index >= 15 is 0 Å². The Bertz CT molecular complexity index is 513. The maximum Gasteiger partial charge on any atom is 0.137 e. The number of nitrogens with two attached hydrogens (primary N) is 1. The summed E-state index contributed by atoms with van der Waals surface area (Å²) in [5, 5.41) is 7.65. The summed E-state index contributed by atoms with van der Waals surface area (Å²) in [7, 11) is 0. The lowest BCUT2D eigenvalue weighted by molar-refractivity contribution is 0.540. The highest BCUT2D eigenvalue weighted by Crippen LogP contribution is 2.29. The van der Waals surface area contributed by atoms with Gasteiger partial charge in [0.15, 0.2) is 0 Å². The molecule has 0 fully saturated rings. The normalized spacial score (nSPS) is 12.6. The number of allylic oxidation sites excluding steroid dienone is 2. The average molecular weight is 252 g/mol. The third kappa shape index (κ3) is 2.58. The second kappa shape index (κ2) is 5.29. The molecule has 98 valence electrons. The lowest BCUT2D eigenvalue weighted by atomic mass is 9.93. The van der Waals surface area contributed by atoms with Gasteiger partial charge in [0.25, 0.3) is 0 Å². The Morgan fingerprint density at radius 1 is 1.22 bits per heavy atom. The Morgan fingerprint density at radius 2 is 1.78 bits per heavy atom. The van der Waals surface area contributed by atoms with Gasteiger partial charge in [-0.25, -0.2) is 8.78 Å². The topological polar surface area (TPSA) is 49.9 Å². The van der Waals surface area contributed by atoms with Crippen molar-refractivity contribution in [3.8, 4) is 0 Å². The monoisotopic (exact) mass is 252 g/mol. The average Bonchev–Trinajstić information content (AvgIpc) is 2.20. The standard InChI is InChI=1S/C14H18F2N2/c1-7(2)12-11(15)6-5-10(14(12)16)13(8(3)17)9(4)18/h5-7,17H,18H2,1-4H3/b13-9+,17-8?. The predicted molar refractivity (Wildman–Crippen MR) is 70.6 cm³/mol. The fraction of sp³-hybridized carbons (Fsp3) is 0.357. The molecule has 2 nitrogen and oxygen atoms in total. The van der Waals surface area contributed by atoms with Gasteiger partial charge in [-0.15, -0.1) is 0 Å². The number of hydrogen-bond acceptors (Lipinski definition) is 2. The van der Waals surface area contributed by atoms with Crippen LogP contribution in [0.1, 0.15) is 44.7 Å². The highest BCUT2D eigenvalue weighted by molar-refractivity contribution is 6.21. The van der Waals surface area contributed by atoms with Crippen LogP contribution in [0.25, 0.3) is 5.57 Å². The van der Waals surface area contributed by atoms with Gasteiger partial charge in [-0.05, 0) is 31.9 Å². The summed E-state index contributed by atoms with van der Waals surface area (Å²) in [5.74, 6) is -1.46. The summed E-state index contributed by atoms with van der Waals surface area (Å²) in [6, 6.07) is 2.56. The third-order valence-corrected chi connectivity index (χ3v) is 2.74. The molecule has 18 heavy (non-hydrogen) atoms. The first-order valence-corrected chi connectivity index (χ1v) is 5.77. The molecular weight excluding hydrogens is 234 g/mol. The fourth-order valence-electron chi connectivity index (χ4n) is 2.00. The minimum Gasteiger partial charge on any atom is -0.402 e. The zero-order valence-electron chi connectivity index (χ0n) is 11.1. The molecular formula is C14H18F2N2. The van der Waals surface area contributed by atoms with Crippen LogP contribution in [0.4, 0.5) is 8.78 Å². The molecule has 0 bridgehead atoms. The molecule has 4 heteroatoms. The highest BCUT2D eigenvalue weighted by Gasteiger charge is 2.20. The first-order chi connectivity index (χ1) is 8.27. The minimum atomic E-state index is -0.628. The first kappa shape index (κ1) is 14.4. The lowest BCUT2D eigenvalue weighted by Crippen LogP contribution is -2.09. The van der Waals surface area contributed by atoms with Gasteiger partial charge in [0.1, 0.15) is 11.6 Å². The van der Waals surface area contributed by atoms with E-state index in [9.17, 15) is 8.78 Å². The zero-order chi connectivity index (χ0) is 14.0. The number of rotatable bonds is 3. The van der Waals surface area contributed by atoms with E-state index in [0.29, 0.717) is 11.3 Å². The second-order valence-corrected chi connectivity index (χ2v) is 4.66. The van der Waals surface area contributed by atoms with Crippen molar-refractivity contribution >= 4 is 11.3 Å². The van der Waals surface area contributed by atoms with E-state index < -0.39 is 11.6 Å². The van der Waals surface area contributed by atoms with Crippen LogP contribution in [-0.2, 0) is 0 Å². The van der Waals surface area contributed by atoms with Crippen LogP contribution in [0.5, 0.6) is 0 Å². The molecule has 0 aromatic heterocycles. The molecule has 0 amide bonds. The maximum atomic E-state index is 14.3. The molecule has 0 heterocycles. The van der Waals surface area contributed by atoms with Crippen molar-refractivity contribution in [1.82, 2.24) is 0 Å². The Labute approximate surface area is 106 Å². The third-order valence-electron chi connectivity index (χ3n) is 2.74. The minimum absolute atomic E-state index is 0.0347. The Kier molecular flexibility index (Phi) is 4.22. The van der Waals surface area contributed by atoms with Crippen LogP contribution in [0, 0.1) is 17.0 Å². The molecule has 0 aliphatic heterocycles. The molecule has 0 atom stereocenters. The van der Waals surface area contributed by atoms with Crippen molar-refractivity contribution in [3.63, 3.8) is 0 Å². The van der Waals surface area contributed by atoms with Crippen LogP contribution in [0.3, 0.4) is 0 Å². The zero-order valence-corrected chi connectivity index (χ0v) is 11.1. The van der Waals surface area contributed by atoms with E-state index in [1.165, 1.54) is 19.1 Å². The van der Waals surface area contributed by atoms with E-state index in [4.69, 9.17) is 11.1 Å². The van der Waals surface area contributed by atoms with Gasteiger partial charge in [-0.3, -0.25) is 0 Å². The molecule has 0 radical (unpaired) electrons. The van der Waals surface area contributed by atoms with E-state index in [-0.39, 0.29) is 22.8 Å². The first-order valence-electron chi connectivity index (χ1n) is 5.77. The Hall–Kier alpha value is -1.71. The highest BCUT2D eigenvalue weighted by atomic mass is 19.1. The van der Waals surface area contributed by atoms with Crippen molar-refractivity contribution < 1.29 is 8.78 Å². The van der Waals surface area contributed by atoms with Gasteiger partial charge in [0.05, 0.1) is 0 Å². The van der Waals surface area contributed by atoms with Crippen LogP contribution in [0.2, 0.25) is 0 Å². The Morgan fingerprint density at radius 3 is 2.17 bits per heavy atom. The fourth-order valence-corrected chi connectivity index (χ4v) is 2.00. The van der Waals surface area contributed by atoms with Gasteiger partial charge >= 0.3 is 0 Å². The SMILES string of the molecule is CC(=N)/C(=C(/C)N)c1ccc(F)c(C(C)C)c1F. The largest absolute Gasteiger partial charge is 0.402 e. The van der Waals surface area contributed by atoms with Crippen LogP contribution >= 0.6 is 0 Å². The maximum absolute atomic E-state index is 14.3. The molecule has 0 aliphatic carbocycles. The number of nitrogens with one attached hydrogen (secondary N) is 1. The van der Waals surface area contributed by atoms with Crippen LogP contribution in [-0.4, -0.2) is 5.71 Å². The van der Waals surface area contributed by atoms with Gasteiger partial charge in [0, 0.05) is 28.1 Å². The smallest absolute Gasteiger partial charge is 0.137 e. The quantitative estimate of drug-likeness (QED) is 0.789. The molecule has 1 aromatic carbocycles. The molecule has 0 saturated carbocycles. The number of benzene rings is 1. The van der Waals surface area contributed by atoms with Crippen molar-refractivity contribution in [2.75, 3.05) is 0 Å². The summed E-state index contributed by atoms with van der Waals surface area (Å²) >= 11 is 0. The summed E-state index contributed by atoms with van der Waals surface area (Å²) in [5.41, 5.74) is 6.74. The number of hydrogen-bond donors (Lipinski definition) is 2. The molecule has 0 saturated heterocycles. The van der Waals surface area contributed by atoms with E-state index in [0.717, 1.165) is 0 Å². The lowest BCUT2D eigenvalue weighted by Gasteiger charge is -2.15. The molecule has 1 aromatic rings. The van der Waals surface area contributed by atoms with Gasteiger partial charge in [0.2, 0.25) is 0 Å². The molecule has 0 spiro atoms. The van der Waals surface area contributed by atoms with Crippen LogP contribution in [0.15, 0.2) is 17.8 Å². The van der Waals surface area contributed by atoms with E-state index in [2.05, 4.69) is 0 Å². The summed E-state index contributed by atoms with van der Waals surface area (Å²) < 4.78 is 27.9. The second-order valence-electron chi connectivity index (χ2n) is 4.66. The van der Waals surface area contributed by atoms with Gasteiger partial charge in [-0.2, -0.15) is 0 Å². The van der Waals surface area contributed by atoms with E-state index in [1.54, 1.807) is 20.8 Å². The summed E-state index contributed by atoms with van der Waals surface area (Å²) in [6.45, 7) is 6.58. The molecule has 1 rings (SSSR count). The Balaban J connectivity index is 3.58. The predicted octanol–water partition coefficient (Wildman–Crippen LogP) is 3.82. The summed E-state index contributed by atoms with van der Waals surface area (Å²) in [6.07, 6.45) is 0. The van der Waals surface area contributed by atoms with Gasteiger partial charge in [-0.1, -0.05) is 13.8 Å². The van der Waals surface area contributed by atoms with Crippen molar-refractivity contribution in [2.45, 2.75) is 33.6 Å². The van der Waals surface area contributed by atoms with E-state index in [1.807, 2.05) is 0 Å². The van der Waals surface area contributed by atoms with Gasteiger partial charge < -0.3 is 11.1 Å². The van der Waals surface area contributed by atoms with Crippen molar-refractivity contribution in [2.24, 2.45) is 5.73 Å². The molecule has 3 N–H and O–H groups in total. The summed E-state index contributed by atoms with van der Waals surface area (Å²) in [4.78, 5) is 0.